The molecule has 0 saturated heterocycles. The number of aliphatic hydroxyl groups is 1. The first-order valence-electron chi connectivity index (χ1n) is 6.54. The van der Waals surface area contributed by atoms with Crippen LogP contribution in [0.5, 0.6) is 0 Å². The van der Waals surface area contributed by atoms with E-state index in [1.54, 1.807) is 0 Å². The molecule has 0 aliphatic carbocycles. The fourth-order valence-corrected chi connectivity index (χ4v) is 1.02. The topological polar surface area (TPSA) is 20.2 Å². The van der Waals surface area contributed by atoms with Crippen LogP contribution in [0.1, 0.15) is 67.7 Å². The van der Waals surface area contributed by atoms with E-state index >= 15 is 0 Å². The van der Waals surface area contributed by atoms with Gasteiger partial charge in [0.25, 0.3) is 0 Å². The van der Waals surface area contributed by atoms with Gasteiger partial charge in [-0.1, -0.05) is 46.8 Å². The normalized spacial score (nSPS) is 12.1. The Balaban J connectivity index is 0. The molecule has 1 N–H and O–H groups in total. The van der Waals surface area contributed by atoms with Crippen LogP contribution in [0, 0.1) is 11.8 Å². The monoisotopic (exact) mass is 228 g/mol. The summed E-state index contributed by atoms with van der Waals surface area (Å²) in [5.74, 6) is 1.48. The van der Waals surface area contributed by atoms with Gasteiger partial charge in [-0.2, -0.15) is 0 Å². The lowest BCUT2D eigenvalue weighted by molar-refractivity contribution is 0.0691. The fraction of sp³-hybridized carbons (Fsp3) is 0.867. The lowest BCUT2D eigenvalue weighted by Crippen LogP contribution is -2.17. The number of rotatable bonds is 5. The van der Waals surface area contributed by atoms with Crippen molar-refractivity contribution in [2.45, 2.75) is 73.3 Å². The molecule has 0 aliphatic rings. The Morgan fingerprint density at radius 3 is 1.81 bits per heavy atom. The molecule has 98 valence electrons. The Bertz CT molecular complexity index is 158. The third-order valence-electron chi connectivity index (χ3n) is 1.68. The van der Waals surface area contributed by atoms with Crippen LogP contribution in [0.3, 0.4) is 0 Å². The third-order valence-corrected chi connectivity index (χ3v) is 1.68. The Labute approximate surface area is 103 Å². The molecule has 0 aromatic rings. The molecule has 0 aliphatic heterocycles. The Morgan fingerprint density at radius 2 is 1.50 bits per heavy atom. The van der Waals surface area contributed by atoms with Gasteiger partial charge in [0.2, 0.25) is 0 Å². The highest BCUT2D eigenvalue weighted by atomic mass is 16.3. The van der Waals surface area contributed by atoms with Gasteiger partial charge in [0.05, 0.1) is 5.60 Å². The van der Waals surface area contributed by atoms with Crippen LogP contribution in [0.2, 0.25) is 0 Å². The fourth-order valence-electron chi connectivity index (χ4n) is 1.02. The molecule has 0 aromatic carbocycles. The van der Waals surface area contributed by atoms with Crippen molar-refractivity contribution in [2.75, 3.05) is 0 Å². The smallest absolute Gasteiger partial charge is 0.0591 e. The quantitative estimate of drug-likeness (QED) is 0.529. The van der Waals surface area contributed by atoms with Gasteiger partial charge >= 0.3 is 0 Å². The van der Waals surface area contributed by atoms with Crippen LogP contribution < -0.4 is 0 Å². The van der Waals surface area contributed by atoms with Crippen LogP contribution in [0.4, 0.5) is 0 Å². The molecular weight excluding hydrogens is 196 g/mol. The number of hydrogen-bond donors (Lipinski definition) is 1. The third kappa shape index (κ3) is 29.2. The summed E-state index contributed by atoms with van der Waals surface area (Å²) in [5.41, 5.74) is -0.494. The minimum atomic E-state index is -0.494. The SMILES string of the molecule is CC(C)/C=C/CCCC(C)(C)O.CC(C)C. The van der Waals surface area contributed by atoms with Gasteiger partial charge in [0, 0.05) is 0 Å². The number of unbranched alkanes of at least 4 members (excludes halogenated alkanes) is 1. The second-order valence-electron chi connectivity index (χ2n) is 6.11. The van der Waals surface area contributed by atoms with Gasteiger partial charge in [-0.05, 0) is 44.9 Å². The van der Waals surface area contributed by atoms with E-state index in [4.69, 9.17) is 0 Å². The molecule has 0 fully saturated rings. The molecule has 1 heteroatoms. The second-order valence-corrected chi connectivity index (χ2v) is 6.11. The minimum Gasteiger partial charge on any atom is -0.390 e. The van der Waals surface area contributed by atoms with Gasteiger partial charge in [-0.25, -0.2) is 0 Å². The highest BCUT2D eigenvalue weighted by Gasteiger charge is 2.10. The molecule has 16 heavy (non-hydrogen) atoms. The highest BCUT2D eigenvalue weighted by Crippen LogP contribution is 2.12. The van der Waals surface area contributed by atoms with Crippen LogP contribution >= 0.6 is 0 Å². The van der Waals surface area contributed by atoms with E-state index in [1.807, 2.05) is 13.8 Å². The van der Waals surface area contributed by atoms with Crippen molar-refractivity contribution in [1.82, 2.24) is 0 Å². The van der Waals surface area contributed by atoms with E-state index in [0.29, 0.717) is 5.92 Å². The van der Waals surface area contributed by atoms with Gasteiger partial charge in [-0.15, -0.1) is 0 Å². The van der Waals surface area contributed by atoms with Crippen LogP contribution in [-0.4, -0.2) is 10.7 Å². The maximum atomic E-state index is 9.40. The summed E-state index contributed by atoms with van der Waals surface area (Å²) in [5, 5.41) is 9.40. The second kappa shape index (κ2) is 9.89. The van der Waals surface area contributed by atoms with E-state index in [9.17, 15) is 5.11 Å². The Kier molecular flexibility index (Phi) is 11.2. The first-order valence-corrected chi connectivity index (χ1v) is 6.54. The minimum absolute atomic E-state index is 0.494. The van der Waals surface area contributed by atoms with Crippen LogP contribution in [0.25, 0.3) is 0 Å². The molecule has 0 atom stereocenters. The van der Waals surface area contributed by atoms with Crippen molar-refractivity contribution < 1.29 is 5.11 Å². The molecule has 0 bridgehead atoms. The first kappa shape index (κ1) is 18.1. The molecule has 0 saturated carbocycles. The lowest BCUT2D eigenvalue weighted by atomic mass is 10.0. The van der Waals surface area contributed by atoms with Gasteiger partial charge in [0.15, 0.2) is 0 Å². The van der Waals surface area contributed by atoms with Crippen molar-refractivity contribution >= 4 is 0 Å². The summed E-state index contributed by atoms with van der Waals surface area (Å²) in [4.78, 5) is 0. The van der Waals surface area contributed by atoms with E-state index < -0.39 is 5.60 Å². The average molecular weight is 228 g/mol. The first-order chi connectivity index (χ1) is 7.15. The predicted octanol–water partition coefficient (Wildman–Crippen LogP) is 4.80. The Morgan fingerprint density at radius 1 is 1.06 bits per heavy atom. The highest BCUT2D eigenvalue weighted by molar-refractivity contribution is 4.84. The lowest BCUT2D eigenvalue weighted by Gasteiger charge is -2.15. The van der Waals surface area contributed by atoms with Crippen LogP contribution in [0.15, 0.2) is 12.2 Å². The number of allylic oxidation sites excluding steroid dienone is 2. The maximum absolute atomic E-state index is 9.40. The molecule has 0 heterocycles. The van der Waals surface area contributed by atoms with Gasteiger partial charge in [-0.3, -0.25) is 0 Å². The van der Waals surface area contributed by atoms with E-state index in [-0.39, 0.29) is 0 Å². The Hall–Kier alpha value is -0.300. The summed E-state index contributed by atoms with van der Waals surface area (Å²) in [6.45, 7) is 14.6. The molecular formula is C15H32O. The zero-order valence-corrected chi connectivity index (χ0v) is 12.4. The van der Waals surface area contributed by atoms with E-state index in [1.165, 1.54) is 0 Å². The molecule has 0 rings (SSSR count). The predicted molar refractivity (Wildman–Crippen MR) is 74.6 cm³/mol. The maximum Gasteiger partial charge on any atom is 0.0591 e. The largest absolute Gasteiger partial charge is 0.390 e. The average Bonchev–Trinajstić information content (AvgIpc) is 1.99. The summed E-state index contributed by atoms with van der Waals surface area (Å²) < 4.78 is 0. The summed E-state index contributed by atoms with van der Waals surface area (Å²) >= 11 is 0. The number of hydrogen-bond acceptors (Lipinski definition) is 1. The van der Waals surface area contributed by atoms with E-state index in [2.05, 4.69) is 46.8 Å². The molecule has 0 amide bonds. The summed E-state index contributed by atoms with van der Waals surface area (Å²) in [7, 11) is 0. The molecule has 0 radical (unpaired) electrons. The van der Waals surface area contributed by atoms with Crippen molar-refractivity contribution in [2.24, 2.45) is 11.8 Å². The van der Waals surface area contributed by atoms with Crippen LogP contribution in [-0.2, 0) is 0 Å². The van der Waals surface area contributed by atoms with Crippen molar-refractivity contribution in [3.8, 4) is 0 Å². The van der Waals surface area contributed by atoms with Gasteiger partial charge in [0.1, 0.15) is 0 Å². The standard InChI is InChI=1S/C11H22O.C4H10/c1-10(2)8-6-5-7-9-11(3,4)12;1-4(2)3/h6,8,10,12H,5,7,9H2,1-4H3;4H,1-3H3/b8-6+;. The van der Waals surface area contributed by atoms with Crippen molar-refractivity contribution in [3.05, 3.63) is 12.2 Å². The zero-order chi connectivity index (χ0) is 13.2. The summed E-state index contributed by atoms with van der Waals surface area (Å²) in [6.07, 6.45) is 7.46. The summed E-state index contributed by atoms with van der Waals surface area (Å²) in [6, 6.07) is 0. The molecule has 0 spiro atoms. The molecule has 0 aromatic heterocycles. The van der Waals surface area contributed by atoms with Gasteiger partial charge < -0.3 is 5.11 Å². The zero-order valence-electron chi connectivity index (χ0n) is 12.4. The molecule has 0 unspecified atom stereocenters. The molecule has 1 nitrogen and oxygen atoms in total. The van der Waals surface area contributed by atoms with E-state index in [0.717, 1.165) is 25.2 Å². The van der Waals surface area contributed by atoms with Crippen molar-refractivity contribution in [1.29, 1.82) is 0 Å². The van der Waals surface area contributed by atoms with Crippen molar-refractivity contribution in [3.63, 3.8) is 0 Å².